The first-order valence-electron chi connectivity index (χ1n) is 7.93. The minimum atomic E-state index is -3.63. The molecule has 5 heteroatoms. The van der Waals surface area contributed by atoms with E-state index in [0.29, 0.717) is 5.56 Å². The Morgan fingerprint density at radius 2 is 1.56 bits per heavy atom. The van der Waals surface area contributed by atoms with Crippen molar-refractivity contribution in [2.75, 3.05) is 7.05 Å². The van der Waals surface area contributed by atoms with Gasteiger partial charge in [0.15, 0.2) is 5.78 Å². The SMILES string of the molecule is CC(=O)c1ccc(S(=O)(=O)N(C)Cc2cccc3ccccc23)cc1. The Morgan fingerprint density at radius 1 is 0.920 bits per heavy atom. The number of rotatable bonds is 5. The molecule has 0 atom stereocenters. The van der Waals surface area contributed by atoms with Crippen LogP contribution >= 0.6 is 0 Å². The van der Waals surface area contributed by atoms with Crippen molar-refractivity contribution in [3.05, 3.63) is 77.9 Å². The first-order chi connectivity index (χ1) is 11.9. The average Bonchev–Trinajstić information content (AvgIpc) is 2.62. The third-order valence-corrected chi connectivity index (χ3v) is 6.06. The third kappa shape index (κ3) is 3.48. The number of carbonyl (C=O) groups excluding carboxylic acids is 1. The van der Waals surface area contributed by atoms with Crippen LogP contribution in [-0.4, -0.2) is 25.6 Å². The summed E-state index contributed by atoms with van der Waals surface area (Å²) in [5.74, 6) is -0.0898. The number of carbonyl (C=O) groups is 1. The Hall–Kier alpha value is -2.50. The second-order valence-electron chi connectivity index (χ2n) is 5.98. The number of Topliss-reactive ketones (excluding diaryl/α,β-unsaturated/α-hetero) is 1. The van der Waals surface area contributed by atoms with Gasteiger partial charge in [-0.1, -0.05) is 54.6 Å². The Kier molecular flexibility index (Phi) is 4.70. The highest BCUT2D eigenvalue weighted by Crippen LogP contribution is 2.23. The first kappa shape index (κ1) is 17.3. The summed E-state index contributed by atoms with van der Waals surface area (Å²) in [4.78, 5) is 11.5. The zero-order valence-corrected chi connectivity index (χ0v) is 15.0. The van der Waals surface area contributed by atoms with Gasteiger partial charge in [0.1, 0.15) is 0 Å². The van der Waals surface area contributed by atoms with Crippen molar-refractivity contribution in [2.45, 2.75) is 18.4 Å². The fourth-order valence-electron chi connectivity index (χ4n) is 2.80. The second kappa shape index (κ2) is 6.78. The van der Waals surface area contributed by atoms with Gasteiger partial charge < -0.3 is 0 Å². The van der Waals surface area contributed by atoms with Crippen LogP contribution in [0.1, 0.15) is 22.8 Å². The number of ketones is 1. The van der Waals surface area contributed by atoms with E-state index in [-0.39, 0.29) is 17.2 Å². The van der Waals surface area contributed by atoms with E-state index in [4.69, 9.17) is 0 Å². The maximum absolute atomic E-state index is 12.8. The van der Waals surface area contributed by atoms with Crippen LogP contribution in [0.5, 0.6) is 0 Å². The first-order valence-corrected chi connectivity index (χ1v) is 9.37. The monoisotopic (exact) mass is 353 g/mol. The van der Waals surface area contributed by atoms with Gasteiger partial charge in [-0.3, -0.25) is 4.79 Å². The second-order valence-corrected chi connectivity index (χ2v) is 8.02. The molecule has 0 fully saturated rings. The molecule has 3 aromatic rings. The molecule has 3 rings (SSSR count). The van der Waals surface area contributed by atoms with Gasteiger partial charge in [-0.15, -0.1) is 0 Å². The average molecular weight is 353 g/mol. The van der Waals surface area contributed by atoms with E-state index in [2.05, 4.69) is 0 Å². The molecule has 3 aromatic carbocycles. The molecular weight excluding hydrogens is 334 g/mol. The molecule has 0 aromatic heterocycles. The van der Waals surface area contributed by atoms with Crippen molar-refractivity contribution in [1.29, 1.82) is 0 Å². The van der Waals surface area contributed by atoms with Crippen LogP contribution in [0.2, 0.25) is 0 Å². The lowest BCUT2D eigenvalue weighted by molar-refractivity contribution is 0.101. The van der Waals surface area contributed by atoms with E-state index in [1.165, 1.54) is 23.4 Å². The summed E-state index contributed by atoms with van der Waals surface area (Å²) in [6.07, 6.45) is 0. The van der Waals surface area contributed by atoms with E-state index in [0.717, 1.165) is 16.3 Å². The summed E-state index contributed by atoms with van der Waals surface area (Å²) in [5, 5.41) is 2.12. The van der Waals surface area contributed by atoms with Gasteiger partial charge in [0.2, 0.25) is 10.0 Å². The predicted molar refractivity (Wildman–Crippen MR) is 99.0 cm³/mol. The molecule has 0 bridgehead atoms. The van der Waals surface area contributed by atoms with Crippen LogP contribution < -0.4 is 0 Å². The predicted octanol–water partition coefficient (Wildman–Crippen LogP) is 3.86. The maximum Gasteiger partial charge on any atom is 0.243 e. The largest absolute Gasteiger partial charge is 0.295 e. The number of sulfonamides is 1. The highest BCUT2D eigenvalue weighted by atomic mass is 32.2. The normalized spacial score (nSPS) is 11.8. The summed E-state index contributed by atoms with van der Waals surface area (Å²) in [5.41, 5.74) is 1.44. The van der Waals surface area contributed by atoms with E-state index in [1.54, 1.807) is 19.2 Å². The molecule has 0 amide bonds. The highest BCUT2D eigenvalue weighted by Gasteiger charge is 2.21. The molecule has 0 aliphatic rings. The van der Waals surface area contributed by atoms with Crippen LogP contribution in [0.25, 0.3) is 10.8 Å². The highest BCUT2D eigenvalue weighted by molar-refractivity contribution is 7.89. The molecule has 128 valence electrons. The fourth-order valence-corrected chi connectivity index (χ4v) is 3.95. The third-order valence-electron chi connectivity index (χ3n) is 4.24. The van der Waals surface area contributed by atoms with Crippen LogP contribution in [0.3, 0.4) is 0 Å². The molecule has 0 saturated heterocycles. The van der Waals surface area contributed by atoms with Crippen molar-refractivity contribution in [3.63, 3.8) is 0 Å². The van der Waals surface area contributed by atoms with Gasteiger partial charge in [-0.2, -0.15) is 4.31 Å². The molecule has 25 heavy (non-hydrogen) atoms. The van der Waals surface area contributed by atoms with Gasteiger partial charge >= 0.3 is 0 Å². The Labute approximate surface area is 147 Å². The minimum Gasteiger partial charge on any atom is -0.295 e. The van der Waals surface area contributed by atoms with Crippen LogP contribution in [0, 0.1) is 0 Å². The Bertz CT molecular complexity index is 1020. The lowest BCUT2D eigenvalue weighted by Crippen LogP contribution is -2.26. The van der Waals surface area contributed by atoms with Gasteiger partial charge in [0.25, 0.3) is 0 Å². The van der Waals surface area contributed by atoms with Crippen molar-refractivity contribution in [2.24, 2.45) is 0 Å². The molecule has 0 N–H and O–H groups in total. The lowest BCUT2D eigenvalue weighted by atomic mass is 10.0. The Morgan fingerprint density at radius 3 is 2.24 bits per heavy atom. The number of hydrogen-bond acceptors (Lipinski definition) is 3. The van der Waals surface area contributed by atoms with Crippen LogP contribution in [-0.2, 0) is 16.6 Å². The van der Waals surface area contributed by atoms with Crippen molar-refractivity contribution in [1.82, 2.24) is 4.31 Å². The van der Waals surface area contributed by atoms with E-state index >= 15 is 0 Å². The molecule has 0 saturated carbocycles. The smallest absolute Gasteiger partial charge is 0.243 e. The molecule has 0 spiro atoms. The van der Waals surface area contributed by atoms with Crippen molar-refractivity contribution < 1.29 is 13.2 Å². The summed E-state index contributed by atoms with van der Waals surface area (Å²) in [6, 6.07) is 19.8. The minimum absolute atomic E-state index is 0.0898. The lowest BCUT2D eigenvalue weighted by Gasteiger charge is -2.18. The van der Waals surface area contributed by atoms with Gasteiger partial charge in [0.05, 0.1) is 4.90 Å². The van der Waals surface area contributed by atoms with Crippen LogP contribution in [0.15, 0.2) is 71.6 Å². The standard InChI is InChI=1S/C20H19NO3S/c1-15(22)16-10-12-19(13-11-16)25(23,24)21(2)14-18-8-5-7-17-6-3-4-9-20(17)18/h3-13H,14H2,1-2H3. The molecule has 0 aliphatic carbocycles. The van der Waals surface area contributed by atoms with Gasteiger partial charge in [0, 0.05) is 19.2 Å². The number of nitrogens with zero attached hydrogens (tertiary/aromatic N) is 1. The van der Waals surface area contributed by atoms with Gasteiger partial charge in [-0.25, -0.2) is 8.42 Å². The van der Waals surface area contributed by atoms with E-state index in [9.17, 15) is 13.2 Å². The molecular formula is C20H19NO3S. The summed E-state index contributed by atoms with van der Waals surface area (Å²) in [6.45, 7) is 1.73. The van der Waals surface area contributed by atoms with Crippen molar-refractivity contribution >= 4 is 26.6 Å². The quantitative estimate of drug-likeness (QED) is 0.655. The molecule has 0 aliphatic heterocycles. The summed E-state index contributed by atoms with van der Waals surface area (Å²) < 4.78 is 26.9. The fraction of sp³-hybridized carbons (Fsp3) is 0.150. The van der Waals surface area contributed by atoms with Crippen molar-refractivity contribution in [3.8, 4) is 0 Å². The molecule has 4 nitrogen and oxygen atoms in total. The number of benzene rings is 3. The summed E-state index contributed by atoms with van der Waals surface area (Å²) in [7, 11) is -2.06. The summed E-state index contributed by atoms with van der Waals surface area (Å²) >= 11 is 0. The van der Waals surface area contributed by atoms with Gasteiger partial charge in [-0.05, 0) is 35.4 Å². The zero-order valence-electron chi connectivity index (χ0n) is 14.1. The molecule has 0 unspecified atom stereocenters. The van der Waals surface area contributed by atoms with E-state index < -0.39 is 10.0 Å². The van der Waals surface area contributed by atoms with E-state index in [1.807, 2.05) is 42.5 Å². The number of fused-ring (bicyclic) bond motifs is 1. The molecule has 0 radical (unpaired) electrons. The maximum atomic E-state index is 12.8. The number of hydrogen-bond donors (Lipinski definition) is 0. The topological polar surface area (TPSA) is 54.5 Å². The zero-order chi connectivity index (χ0) is 18.0. The Balaban J connectivity index is 1.91. The van der Waals surface area contributed by atoms with Crippen LogP contribution in [0.4, 0.5) is 0 Å². The molecule has 0 heterocycles.